The van der Waals surface area contributed by atoms with Crippen molar-refractivity contribution in [3.8, 4) is 5.75 Å². The molecule has 2 amide bonds. The normalized spacial score (nSPS) is 24.1. The average molecular weight is 393 g/mol. The molecule has 2 aromatic rings. The summed E-state index contributed by atoms with van der Waals surface area (Å²) in [6.07, 6.45) is 2.11. The first-order valence-electron chi connectivity index (χ1n) is 10.1. The van der Waals surface area contributed by atoms with Crippen LogP contribution in [0.4, 0.5) is 0 Å². The van der Waals surface area contributed by atoms with E-state index in [2.05, 4.69) is 5.32 Å². The maximum Gasteiger partial charge on any atom is 0.252 e. The quantitative estimate of drug-likeness (QED) is 0.817. The molecule has 6 heteroatoms. The molecule has 2 aliphatic rings. The minimum Gasteiger partial charge on any atom is -0.497 e. The molecule has 6 nitrogen and oxygen atoms in total. The SMILES string of the molecule is COc1ccc(C(=O)NC(C(=O)N2CC3CCC(N)C3C2)c2ccccc2)cc1. The number of nitrogens with zero attached hydrogens (tertiary/aromatic N) is 1. The number of fused-ring (bicyclic) bond motifs is 1. The lowest BCUT2D eigenvalue weighted by molar-refractivity contribution is -0.132. The van der Waals surface area contributed by atoms with Gasteiger partial charge in [-0.3, -0.25) is 9.59 Å². The van der Waals surface area contributed by atoms with Gasteiger partial charge in [0.25, 0.3) is 5.91 Å². The maximum atomic E-state index is 13.4. The first-order chi connectivity index (χ1) is 14.1. The number of methoxy groups -OCH3 is 1. The Balaban J connectivity index is 1.54. The molecule has 0 spiro atoms. The van der Waals surface area contributed by atoms with Crippen molar-refractivity contribution < 1.29 is 14.3 Å². The second-order valence-corrected chi connectivity index (χ2v) is 7.95. The Labute approximate surface area is 171 Å². The fourth-order valence-electron chi connectivity index (χ4n) is 4.56. The second kappa shape index (κ2) is 8.25. The third-order valence-corrected chi connectivity index (χ3v) is 6.23. The van der Waals surface area contributed by atoms with Crippen molar-refractivity contribution >= 4 is 11.8 Å². The molecule has 3 N–H and O–H groups in total. The van der Waals surface area contributed by atoms with E-state index in [1.165, 1.54) is 0 Å². The zero-order valence-electron chi connectivity index (χ0n) is 16.6. The van der Waals surface area contributed by atoms with Crippen LogP contribution in [0.5, 0.6) is 5.75 Å². The average Bonchev–Trinajstić information content (AvgIpc) is 3.34. The molecule has 29 heavy (non-hydrogen) atoms. The molecule has 4 unspecified atom stereocenters. The highest BCUT2D eigenvalue weighted by Crippen LogP contribution is 2.38. The molecule has 1 aliphatic carbocycles. The lowest BCUT2D eigenvalue weighted by Gasteiger charge is -2.26. The van der Waals surface area contributed by atoms with Gasteiger partial charge < -0.3 is 20.7 Å². The zero-order chi connectivity index (χ0) is 20.4. The number of hydrogen-bond acceptors (Lipinski definition) is 4. The summed E-state index contributed by atoms with van der Waals surface area (Å²) in [5.74, 6) is 1.16. The molecule has 2 fully saturated rings. The van der Waals surface area contributed by atoms with Crippen LogP contribution in [0.25, 0.3) is 0 Å². The minimum absolute atomic E-state index is 0.0698. The van der Waals surface area contributed by atoms with Crippen LogP contribution < -0.4 is 15.8 Å². The highest BCUT2D eigenvalue weighted by Gasteiger charge is 2.44. The summed E-state index contributed by atoms with van der Waals surface area (Å²) in [4.78, 5) is 28.1. The van der Waals surface area contributed by atoms with Gasteiger partial charge in [-0.2, -0.15) is 0 Å². The first-order valence-corrected chi connectivity index (χ1v) is 10.1. The maximum absolute atomic E-state index is 13.4. The van der Waals surface area contributed by atoms with Crippen molar-refractivity contribution in [3.63, 3.8) is 0 Å². The summed E-state index contributed by atoms with van der Waals surface area (Å²) < 4.78 is 5.15. The Morgan fingerprint density at radius 3 is 2.45 bits per heavy atom. The predicted molar refractivity (Wildman–Crippen MR) is 110 cm³/mol. The number of nitrogens with one attached hydrogen (secondary N) is 1. The Morgan fingerprint density at radius 2 is 1.79 bits per heavy atom. The molecular weight excluding hydrogens is 366 g/mol. The standard InChI is InChI=1S/C23H27N3O3/c1-29-18-10-7-16(8-11-18)22(27)25-21(15-5-3-2-4-6-15)23(28)26-13-17-9-12-20(24)19(17)14-26/h2-8,10-11,17,19-21H,9,12-14,24H2,1H3,(H,25,27). The summed E-state index contributed by atoms with van der Waals surface area (Å²) in [7, 11) is 1.58. The summed E-state index contributed by atoms with van der Waals surface area (Å²) >= 11 is 0. The molecule has 4 atom stereocenters. The third-order valence-electron chi connectivity index (χ3n) is 6.23. The highest BCUT2D eigenvalue weighted by molar-refractivity contribution is 5.98. The summed E-state index contributed by atoms with van der Waals surface area (Å²) in [5, 5.41) is 2.94. The Hall–Kier alpha value is -2.86. The van der Waals surface area contributed by atoms with Gasteiger partial charge in [0.2, 0.25) is 5.91 Å². The number of ether oxygens (including phenoxy) is 1. The van der Waals surface area contributed by atoms with Crippen molar-refractivity contribution in [2.45, 2.75) is 24.9 Å². The van der Waals surface area contributed by atoms with E-state index in [0.717, 1.165) is 24.9 Å². The lowest BCUT2D eigenvalue weighted by atomic mass is 9.98. The highest BCUT2D eigenvalue weighted by atomic mass is 16.5. The van der Waals surface area contributed by atoms with Gasteiger partial charge >= 0.3 is 0 Å². The number of carbonyl (C=O) groups is 2. The van der Waals surface area contributed by atoms with E-state index >= 15 is 0 Å². The molecule has 2 aromatic carbocycles. The first kappa shape index (κ1) is 19.5. The molecule has 0 aromatic heterocycles. The number of benzene rings is 2. The number of likely N-dealkylation sites (tertiary alicyclic amines) is 1. The predicted octanol–water partition coefficient (Wildman–Crippen LogP) is 2.36. The van der Waals surface area contributed by atoms with Crippen LogP contribution in [-0.4, -0.2) is 43.0 Å². The van der Waals surface area contributed by atoms with E-state index < -0.39 is 6.04 Å². The lowest BCUT2D eigenvalue weighted by Crippen LogP contribution is -2.43. The fraction of sp³-hybridized carbons (Fsp3) is 0.391. The van der Waals surface area contributed by atoms with Gasteiger partial charge in [0.05, 0.1) is 7.11 Å². The summed E-state index contributed by atoms with van der Waals surface area (Å²) in [6, 6.07) is 15.7. The van der Waals surface area contributed by atoms with E-state index in [1.54, 1.807) is 31.4 Å². The van der Waals surface area contributed by atoms with Gasteiger partial charge in [0.1, 0.15) is 11.8 Å². The van der Waals surface area contributed by atoms with Gasteiger partial charge in [-0.15, -0.1) is 0 Å². The molecule has 4 rings (SSSR count). The number of rotatable bonds is 5. The van der Waals surface area contributed by atoms with E-state index in [0.29, 0.717) is 29.7 Å². The van der Waals surface area contributed by atoms with Gasteiger partial charge in [0, 0.05) is 24.7 Å². The molecule has 1 saturated carbocycles. The van der Waals surface area contributed by atoms with E-state index in [4.69, 9.17) is 10.5 Å². The third kappa shape index (κ3) is 3.98. The Bertz CT molecular complexity index is 869. The summed E-state index contributed by atoms with van der Waals surface area (Å²) in [6.45, 7) is 1.39. The van der Waals surface area contributed by atoms with Crippen molar-refractivity contribution in [2.24, 2.45) is 17.6 Å². The van der Waals surface area contributed by atoms with Crippen LogP contribution in [0.1, 0.15) is 34.8 Å². The van der Waals surface area contributed by atoms with E-state index in [1.807, 2.05) is 35.2 Å². The number of carbonyl (C=O) groups excluding carboxylic acids is 2. The molecule has 0 bridgehead atoms. The minimum atomic E-state index is -0.721. The van der Waals surface area contributed by atoms with Crippen molar-refractivity contribution in [1.82, 2.24) is 10.2 Å². The number of hydrogen-bond donors (Lipinski definition) is 2. The molecule has 1 heterocycles. The van der Waals surface area contributed by atoms with Crippen molar-refractivity contribution in [2.75, 3.05) is 20.2 Å². The van der Waals surface area contributed by atoms with Crippen molar-refractivity contribution in [3.05, 3.63) is 65.7 Å². The number of nitrogens with two attached hydrogens (primary N) is 1. The van der Waals surface area contributed by atoms with Crippen LogP contribution in [0.3, 0.4) is 0 Å². The zero-order valence-corrected chi connectivity index (χ0v) is 16.6. The van der Waals surface area contributed by atoms with Gasteiger partial charge in [0.15, 0.2) is 0 Å². The van der Waals surface area contributed by atoms with Crippen LogP contribution in [0.2, 0.25) is 0 Å². The van der Waals surface area contributed by atoms with Gasteiger partial charge in [-0.25, -0.2) is 0 Å². The second-order valence-electron chi connectivity index (χ2n) is 7.95. The fourth-order valence-corrected chi connectivity index (χ4v) is 4.56. The smallest absolute Gasteiger partial charge is 0.252 e. The monoisotopic (exact) mass is 393 g/mol. The van der Waals surface area contributed by atoms with Crippen LogP contribution in [0, 0.1) is 11.8 Å². The van der Waals surface area contributed by atoms with Crippen LogP contribution >= 0.6 is 0 Å². The van der Waals surface area contributed by atoms with Gasteiger partial charge in [-0.05, 0) is 54.5 Å². The van der Waals surface area contributed by atoms with E-state index in [-0.39, 0.29) is 17.9 Å². The molecule has 152 valence electrons. The van der Waals surface area contributed by atoms with Gasteiger partial charge in [-0.1, -0.05) is 30.3 Å². The topological polar surface area (TPSA) is 84.7 Å². The largest absolute Gasteiger partial charge is 0.497 e. The number of amides is 2. The Morgan fingerprint density at radius 1 is 1.07 bits per heavy atom. The van der Waals surface area contributed by atoms with Crippen molar-refractivity contribution in [1.29, 1.82) is 0 Å². The Kier molecular flexibility index (Phi) is 5.53. The van der Waals surface area contributed by atoms with Crippen LogP contribution in [-0.2, 0) is 4.79 Å². The molecule has 1 saturated heterocycles. The molecule has 0 radical (unpaired) electrons. The molecular formula is C23H27N3O3. The summed E-state index contributed by atoms with van der Waals surface area (Å²) in [5.41, 5.74) is 7.50. The molecule has 1 aliphatic heterocycles. The van der Waals surface area contributed by atoms with E-state index in [9.17, 15) is 9.59 Å². The van der Waals surface area contributed by atoms with Crippen LogP contribution in [0.15, 0.2) is 54.6 Å².